The van der Waals surface area contributed by atoms with Gasteiger partial charge >= 0.3 is 6.03 Å². The van der Waals surface area contributed by atoms with Gasteiger partial charge in [-0.3, -0.25) is 4.90 Å². The van der Waals surface area contributed by atoms with Gasteiger partial charge in [0.15, 0.2) is 5.16 Å². The average Bonchev–Trinajstić information content (AvgIpc) is 3.11. The van der Waals surface area contributed by atoms with Gasteiger partial charge < -0.3 is 10.3 Å². The van der Waals surface area contributed by atoms with E-state index in [1.54, 1.807) is 23.0 Å². The number of aryl methyl sites for hydroxylation is 2. The van der Waals surface area contributed by atoms with Gasteiger partial charge in [-0.1, -0.05) is 54.2 Å². The quantitative estimate of drug-likeness (QED) is 0.673. The third kappa shape index (κ3) is 3.49. The summed E-state index contributed by atoms with van der Waals surface area (Å²) in [4.78, 5) is 14.0. The highest BCUT2D eigenvalue weighted by Gasteiger charge is 2.31. The fourth-order valence-corrected chi connectivity index (χ4v) is 4.67. The molecule has 3 aromatic rings. The van der Waals surface area contributed by atoms with Gasteiger partial charge in [0.25, 0.3) is 0 Å². The molecule has 1 aliphatic rings. The Kier molecular flexibility index (Phi) is 5.09. The molecule has 0 saturated heterocycles. The number of benzene rings is 2. The Bertz CT molecular complexity index is 1000. The molecule has 0 aliphatic carbocycles. The predicted octanol–water partition coefficient (Wildman–Crippen LogP) is 4.24. The van der Waals surface area contributed by atoms with E-state index < -0.39 is 6.03 Å². The van der Waals surface area contributed by atoms with Crippen LogP contribution < -0.4 is 10.6 Å². The first kappa shape index (κ1) is 18.6. The van der Waals surface area contributed by atoms with Crippen LogP contribution in [-0.2, 0) is 13.5 Å². The maximum Gasteiger partial charge on any atom is 0.319 e. The number of anilines is 1. The third-order valence-corrected chi connectivity index (χ3v) is 6.41. The summed E-state index contributed by atoms with van der Waals surface area (Å²) >= 11 is 1.67. The topological polar surface area (TPSA) is 77.0 Å². The molecule has 2 atom stereocenters. The Balaban J connectivity index is 1.63. The van der Waals surface area contributed by atoms with Crippen LogP contribution in [0.25, 0.3) is 0 Å². The lowest BCUT2D eigenvalue weighted by Crippen LogP contribution is -2.41. The largest absolute Gasteiger partial charge is 0.351 e. The molecule has 1 aromatic heterocycles. The van der Waals surface area contributed by atoms with Gasteiger partial charge in [-0.15, -0.1) is 10.2 Å². The maximum atomic E-state index is 12.3. The van der Waals surface area contributed by atoms with Crippen LogP contribution in [-0.4, -0.2) is 20.8 Å². The SMILES string of the molecule is CC(Sc1nncn1C)c1cccc(C2CCc3ccccc3N2C(N)=O)c1. The van der Waals surface area contributed by atoms with E-state index in [0.29, 0.717) is 0 Å². The molecule has 144 valence electrons. The van der Waals surface area contributed by atoms with Crippen molar-refractivity contribution in [2.45, 2.75) is 36.2 Å². The molecular weight excluding hydrogens is 370 g/mol. The summed E-state index contributed by atoms with van der Waals surface area (Å²) in [5, 5.41) is 9.19. The number of hydrogen-bond acceptors (Lipinski definition) is 4. The molecule has 2 aromatic carbocycles. The zero-order valence-corrected chi connectivity index (χ0v) is 16.8. The van der Waals surface area contributed by atoms with Gasteiger partial charge in [0, 0.05) is 18.0 Å². The van der Waals surface area contributed by atoms with Crippen LogP contribution >= 0.6 is 11.8 Å². The van der Waals surface area contributed by atoms with E-state index >= 15 is 0 Å². The zero-order chi connectivity index (χ0) is 19.7. The Morgan fingerprint density at radius 3 is 2.82 bits per heavy atom. The second-order valence-electron chi connectivity index (χ2n) is 7.05. The molecule has 2 N–H and O–H groups in total. The van der Waals surface area contributed by atoms with Crippen LogP contribution in [0.1, 0.15) is 41.3 Å². The second kappa shape index (κ2) is 7.67. The molecule has 0 fully saturated rings. The minimum Gasteiger partial charge on any atom is -0.351 e. The molecule has 0 spiro atoms. The maximum absolute atomic E-state index is 12.3. The smallest absolute Gasteiger partial charge is 0.319 e. The molecule has 6 nitrogen and oxygen atoms in total. The summed E-state index contributed by atoms with van der Waals surface area (Å²) in [5.41, 5.74) is 10.2. The number of nitrogens with zero attached hydrogens (tertiary/aromatic N) is 4. The van der Waals surface area contributed by atoms with Crippen molar-refractivity contribution in [3.63, 3.8) is 0 Å². The van der Waals surface area contributed by atoms with Crippen molar-refractivity contribution < 1.29 is 4.79 Å². The molecule has 28 heavy (non-hydrogen) atoms. The van der Waals surface area contributed by atoms with Gasteiger partial charge in [-0.25, -0.2) is 4.79 Å². The molecule has 1 aliphatic heterocycles. The minimum atomic E-state index is -0.413. The van der Waals surface area contributed by atoms with Crippen molar-refractivity contribution >= 4 is 23.5 Å². The highest BCUT2D eigenvalue weighted by atomic mass is 32.2. The Morgan fingerprint density at radius 2 is 2.07 bits per heavy atom. The first-order valence-corrected chi connectivity index (χ1v) is 10.2. The van der Waals surface area contributed by atoms with E-state index in [1.165, 1.54) is 11.1 Å². The molecule has 0 saturated carbocycles. The Labute approximate surface area is 168 Å². The molecule has 2 amide bonds. The number of fused-ring (bicyclic) bond motifs is 1. The lowest BCUT2D eigenvalue weighted by atomic mass is 9.90. The van der Waals surface area contributed by atoms with Crippen LogP contribution in [0.5, 0.6) is 0 Å². The first-order chi connectivity index (χ1) is 13.5. The monoisotopic (exact) mass is 393 g/mol. The highest BCUT2D eigenvalue weighted by Crippen LogP contribution is 2.40. The molecule has 4 rings (SSSR count). The van der Waals surface area contributed by atoms with Gasteiger partial charge in [0.05, 0.1) is 6.04 Å². The fourth-order valence-electron chi connectivity index (χ4n) is 3.76. The molecule has 7 heteroatoms. The second-order valence-corrected chi connectivity index (χ2v) is 8.35. The number of amides is 2. The molecular formula is C21H23N5OS. The lowest BCUT2D eigenvalue weighted by Gasteiger charge is -2.36. The van der Waals surface area contributed by atoms with Crippen molar-refractivity contribution in [2.75, 3.05) is 4.90 Å². The predicted molar refractivity (Wildman–Crippen MR) is 111 cm³/mol. The highest BCUT2D eigenvalue weighted by molar-refractivity contribution is 7.99. The number of carbonyl (C=O) groups is 1. The van der Waals surface area contributed by atoms with Gasteiger partial charge in [-0.05, 0) is 42.5 Å². The lowest BCUT2D eigenvalue weighted by molar-refractivity contribution is 0.250. The van der Waals surface area contributed by atoms with E-state index in [9.17, 15) is 4.79 Å². The van der Waals surface area contributed by atoms with E-state index in [1.807, 2.05) is 29.8 Å². The standard InChI is InChI=1S/C21H23N5OS/c1-14(28-21-24-23-13-25(21)2)16-7-5-8-17(12-16)19-11-10-15-6-3-4-9-18(15)26(19)20(22)27/h3-9,12-14,19H,10-11H2,1-2H3,(H2,22,27). The number of primary amides is 1. The van der Waals surface area contributed by atoms with Crippen LogP contribution in [0.15, 0.2) is 60.0 Å². The van der Waals surface area contributed by atoms with E-state index in [4.69, 9.17) is 5.73 Å². The number of rotatable bonds is 4. The Hall–Kier alpha value is -2.80. The van der Waals surface area contributed by atoms with E-state index in [2.05, 4.69) is 47.5 Å². The molecule has 2 heterocycles. The number of para-hydroxylation sites is 1. The van der Waals surface area contributed by atoms with Crippen molar-refractivity contribution in [1.82, 2.24) is 14.8 Å². The molecule has 0 bridgehead atoms. The normalized spacial score (nSPS) is 17.2. The number of nitrogens with two attached hydrogens (primary N) is 1. The number of carbonyl (C=O) groups excluding carboxylic acids is 1. The molecule has 2 unspecified atom stereocenters. The van der Waals surface area contributed by atoms with Crippen molar-refractivity contribution in [1.29, 1.82) is 0 Å². The van der Waals surface area contributed by atoms with Gasteiger partial charge in [-0.2, -0.15) is 0 Å². The summed E-state index contributed by atoms with van der Waals surface area (Å²) in [6.07, 6.45) is 3.49. The van der Waals surface area contributed by atoms with Crippen LogP contribution in [0, 0.1) is 0 Å². The first-order valence-electron chi connectivity index (χ1n) is 9.31. The fraction of sp³-hybridized carbons (Fsp3) is 0.286. The van der Waals surface area contributed by atoms with E-state index in [0.717, 1.165) is 29.2 Å². The minimum absolute atomic E-state index is 0.0561. The van der Waals surface area contributed by atoms with Crippen LogP contribution in [0.4, 0.5) is 10.5 Å². The van der Waals surface area contributed by atoms with E-state index in [-0.39, 0.29) is 11.3 Å². The van der Waals surface area contributed by atoms with Gasteiger partial charge in [0.2, 0.25) is 0 Å². The van der Waals surface area contributed by atoms with Crippen molar-refractivity contribution in [3.05, 3.63) is 71.5 Å². The summed E-state index contributed by atoms with van der Waals surface area (Å²) in [5.74, 6) is 0. The molecule has 0 radical (unpaired) electrons. The van der Waals surface area contributed by atoms with Crippen molar-refractivity contribution in [3.8, 4) is 0 Å². The van der Waals surface area contributed by atoms with Gasteiger partial charge in [0.1, 0.15) is 6.33 Å². The van der Waals surface area contributed by atoms with Crippen LogP contribution in [0.3, 0.4) is 0 Å². The zero-order valence-electron chi connectivity index (χ0n) is 15.9. The van der Waals surface area contributed by atoms with Crippen molar-refractivity contribution in [2.24, 2.45) is 12.8 Å². The summed E-state index contributed by atoms with van der Waals surface area (Å²) < 4.78 is 1.91. The van der Waals surface area contributed by atoms with Crippen LogP contribution in [0.2, 0.25) is 0 Å². The summed E-state index contributed by atoms with van der Waals surface area (Å²) in [6.45, 7) is 2.15. The number of thioether (sulfide) groups is 1. The number of hydrogen-bond donors (Lipinski definition) is 1. The number of urea groups is 1. The Morgan fingerprint density at radius 1 is 1.25 bits per heavy atom. The number of aromatic nitrogens is 3. The summed E-state index contributed by atoms with van der Waals surface area (Å²) in [6, 6.07) is 16.0. The summed E-state index contributed by atoms with van der Waals surface area (Å²) in [7, 11) is 1.94. The third-order valence-electron chi connectivity index (χ3n) is 5.20. The average molecular weight is 394 g/mol.